The van der Waals surface area contributed by atoms with Gasteiger partial charge in [0.2, 0.25) is 0 Å². The van der Waals surface area contributed by atoms with Crippen LogP contribution in [0.1, 0.15) is 30.1 Å². The van der Waals surface area contributed by atoms with Crippen LogP contribution in [0.2, 0.25) is 5.02 Å². The lowest BCUT2D eigenvalue weighted by atomic mass is 10.0. The third-order valence-electron chi connectivity index (χ3n) is 4.66. The molecule has 0 radical (unpaired) electrons. The normalized spacial score (nSPS) is 12.8. The van der Waals surface area contributed by atoms with Crippen LogP contribution in [-0.2, 0) is 4.79 Å². The van der Waals surface area contributed by atoms with E-state index in [0.717, 1.165) is 11.1 Å². The van der Waals surface area contributed by atoms with Crippen molar-refractivity contribution in [3.63, 3.8) is 0 Å². The SMILES string of the molecule is COc1cccc(NC(=O)[C@@H]([NH2+][C@H](C)c2ccccc2Cl)c2ccccc2)c1. The molecule has 0 bridgehead atoms. The van der Waals surface area contributed by atoms with Gasteiger partial charge in [-0.3, -0.25) is 4.79 Å². The zero-order valence-corrected chi connectivity index (χ0v) is 16.7. The average molecular weight is 396 g/mol. The molecule has 2 atom stereocenters. The van der Waals surface area contributed by atoms with Crippen LogP contribution in [0.15, 0.2) is 78.9 Å². The molecule has 0 unspecified atom stereocenters. The highest BCUT2D eigenvalue weighted by atomic mass is 35.5. The number of nitrogens with two attached hydrogens (primary N) is 1. The molecule has 5 heteroatoms. The van der Waals surface area contributed by atoms with Crippen molar-refractivity contribution in [1.29, 1.82) is 0 Å². The first kappa shape index (κ1) is 19.9. The van der Waals surface area contributed by atoms with Gasteiger partial charge in [-0.1, -0.05) is 66.2 Å². The Bertz CT molecular complexity index is 931. The number of carbonyl (C=O) groups excluding carboxylic acids is 1. The molecule has 0 aliphatic rings. The topological polar surface area (TPSA) is 54.9 Å². The number of carbonyl (C=O) groups is 1. The maximum absolute atomic E-state index is 13.1. The van der Waals surface area contributed by atoms with Gasteiger partial charge in [0.1, 0.15) is 11.8 Å². The summed E-state index contributed by atoms with van der Waals surface area (Å²) < 4.78 is 5.24. The number of benzene rings is 3. The smallest absolute Gasteiger partial charge is 0.287 e. The standard InChI is InChI=1S/C23H23ClN2O2/c1-16(20-13-6-7-14-21(20)24)25-22(17-9-4-3-5-10-17)23(27)26-18-11-8-12-19(15-18)28-2/h3-16,22,25H,1-2H3,(H,26,27)/p+1/t16-,22+/m1/s1. The molecule has 0 aliphatic carbocycles. The average Bonchev–Trinajstić information content (AvgIpc) is 2.73. The van der Waals surface area contributed by atoms with Gasteiger partial charge >= 0.3 is 0 Å². The van der Waals surface area contributed by atoms with E-state index < -0.39 is 6.04 Å². The molecule has 4 nitrogen and oxygen atoms in total. The Balaban J connectivity index is 1.84. The summed E-state index contributed by atoms with van der Waals surface area (Å²) >= 11 is 6.36. The van der Waals surface area contributed by atoms with Crippen LogP contribution >= 0.6 is 11.6 Å². The van der Waals surface area contributed by atoms with Gasteiger partial charge in [0.25, 0.3) is 5.91 Å². The zero-order chi connectivity index (χ0) is 19.9. The van der Waals surface area contributed by atoms with E-state index in [1.807, 2.05) is 78.1 Å². The van der Waals surface area contributed by atoms with Gasteiger partial charge < -0.3 is 15.4 Å². The van der Waals surface area contributed by atoms with Crippen LogP contribution in [0.4, 0.5) is 5.69 Å². The number of rotatable bonds is 7. The lowest BCUT2D eigenvalue weighted by molar-refractivity contribution is -0.718. The number of amides is 1. The van der Waals surface area contributed by atoms with Gasteiger partial charge in [0.05, 0.1) is 7.11 Å². The summed E-state index contributed by atoms with van der Waals surface area (Å²) in [5.74, 6) is 0.598. The molecule has 0 aliphatic heterocycles. The highest BCUT2D eigenvalue weighted by Gasteiger charge is 2.27. The van der Waals surface area contributed by atoms with E-state index in [1.54, 1.807) is 13.2 Å². The first-order chi connectivity index (χ1) is 13.6. The van der Waals surface area contributed by atoms with Crippen LogP contribution in [0, 0.1) is 0 Å². The predicted molar refractivity (Wildman–Crippen MR) is 113 cm³/mol. The van der Waals surface area contributed by atoms with E-state index in [-0.39, 0.29) is 11.9 Å². The van der Waals surface area contributed by atoms with E-state index >= 15 is 0 Å². The number of nitrogens with one attached hydrogen (secondary N) is 1. The van der Waals surface area contributed by atoms with Crippen LogP contribution in [0.3, 0.4) is 0 Å². The summed E-state index contributed by atoms with van der Waals surface area (Å²) in [5, 5.41) is 5.74. The number of quaternary nitrogens is 1. The van der Waals surface area contributed by atoms with Crippen molar-refractivity contribution in [2.75, 3.05) is 12.4 Å². The first-order valence-corrected chi connectivity index (χ1v) is 9.55. The fourth-order valence-electron chi connectivity index (χ4n) is 3.17. The summed E-state index contributed by atoms with van der Waals surface area (Å²) in [4.78, 5) is 13.1. The molecular formula is C23H24ClN2O2+. The lowest BCUT2D eigenvalue weighted by Crippen LogP contribution is -2.87. The Hall–Kier alpha value is -2.82. The molecule has 0 spiro atoms. The minimum atomic E-state index is -0.418. The van der Waals surface area contributed by atoms with Gasteiger partial charge in [-0.25, -0.2) is 0 Å². The fraction of sp³-hybridized carbons (Fsp3) is 0.174. The highest BCUT2D eigenvalue weighted by molar-refractivity contribution is 6.31. The van der Waals surface area contributed by atoms with Crippen molar-refractivity contribution in [1.82, 2.24) is 0 Å². The van der Waals surface area contributed by atoms with Crippen molar-refractivity contribution in [3.05, 3.63) is 95.0 Å². The molecule has 3 aromatic carbocycles. The lowest BCUT2D eigenvalue weighted by Gasteiger charge is -2.21. The van der Waals surface area contributed by atoms with Crippen molar-refractivity contribution in [2.45, 2.75) is 19.0 Å². The first-order valence-electron chi connectivity index (χ1n) is 9.17. The second-order valence-corrected chi connectivity index (χ2v) is 7.02. The van der Waals surface area contributed by atoms with Crippen molar-refractivity contribution >= 4 is 23.2 Å². The fourth-order valence-corrected chi connectivity index (χ4v) is 3.48. The summed E-state index contributed by atoms with van der Waals surface area (Å²) in [6, 6.07) is 24.4. The number of ether oxygens (including phenoxy) is 1. The number of methoxy groups -OCH3 is 1. The Morgan fingerprint density at radius 1 is 1.00 bits per heavy atom. The van der Waals surface area contributed by atoms with Gasteiger partial charge in [0.15, 0.2) is 6.04 Å². The Kier molecular flexibility index (Phi) is 6.69. The Morgan fingerprint density at radius 2 is 1.71 bits per heavy atom. The third kappa shape index (κ3) is 4.91. The predicted octanol–water partition coefficient (Wildman–Crippen LogP) is 4.35. The minimum absolute atomic E-state index is 0.00923. The molecule has 144 valence electrons. The number of halogens is 1. The highest BCUT2D eigenvalue weighted by Crippen LogP contribution is 2.22. The van der Waals surface area contributed by atoms with E-state index in [2.05, 4.69) is 12.2 Å². The second-order valence-electron chi connectivity index (χ2n) is 6.61. The molecular weight excluding hydrogens is 372 g/mol. The maximum atomic E-state index is 13.1. The summed E-state index contributed by atoms with van der Waals surface area (Å²) in [7, 11) is 1.60. The van der Waals surface area contributed by atoms with E-state index in [0.29, 0.717) is 16.5 Å². The molecule has 1 amide bonds. The van der Waals surface area contributed by atoms with Gasteiger partial charge in [0, 0.05) is 27.9 Å². The Labute approximate surface area is 170 Å². The van der Waals surface area contributed by atoms with E-state index in [4.69, 9.17) is 16.3 Å². The van der Waals surface area contributed by atoms with E-state index in [1.165, 1.54) is 0 Å². The van der Waals surface area contributed by atoms with Crippen molar-refractivity contribution < 1.29 is 14.8 Å². The molecule has 0 heterocycles. The Morgan fingerprint density at radius 3 is 2.43 bits per heavy atom. The van der Waals surface area contributed by atoms with Crippen LogP contribution in [0.5, 0.6) is 5.75 Å². The van der Waals surface area contributed by atoms with Crippen LogP contribution < -0.4 is 15.4 Å². The molecule has 3 rings (SSSR count). The number of hydrogen-bond donors (Lipinski definition) is 2. The molecule has 0 saturated carbocycles. The van der Waals surface area contributed by atoms with Crippen molar-refractivity contribution in [2.24, 2.45) is 0 Å². The quantitative estimate of drug-likeness (QED) is 0.624. The molecule has 0 saturated heterocycles. The monoisotopic (exact) mass is 395 g/mol. The second kappa shape index (κ2) is 9.40. The van der Waals surface area contributed by atoms with Gasteiger partial charge in [-0.2, -0.15) is 0 Å². The molecule has 0 aromatic heterocycles. The summed E-state index contributed by atoms with van der Waals surface area (Å²) in [6.07, 6.45) is 0. The summed E-state index contributed by atoms with van der Waals surface area (Å²) in [6.45, 7) is 2.05. The number of anilines is 1. The maximum Gasteiger partial charge on any atom is 0.287 e. The van der Waals surface area contributed by atoms with Gasteiger partial charge in [-0.05, 0) is 25.1 Å². The molecule has 28 heavy (non-hydrogen) atoms. The minimum Gasteiger partial charge on any atom is -0.497 e. The molecule has 3 N–H and O–H groups in total. The molecule has 3 aromatic rings. The van der Waals surface area contributed by atoms with Crippen LogP contribution in [0.25, 0.3) is 0 Å². The van der Waals surface area contributed by atoms with Crippen LogP contribution in [-0.4, -0.2) is 13.0 Å². The molecule has 0 fully saturated rings. The van der Waals surface area contributed by atoms with E-state index in [9.17, 15) is 4.79 Å². The number of hydrogen-bond acceptors (Lipinski definition) is 2. The third-order valence-corrected chi connectivity index (χ3v) is 5.00. The largest absolute Gasteiger partial charge is 0.497 e. The zero-order valence-electron chi connectivity index (χ0n) is 15.9. The van der Waals surface area contributed by atoms with Gasteiger partial charge in [-0.15, -0.1) is 0 Å². The summed E-state index contributed by atoms with van der Waals surface area (Å²) in [5.41, 5.74) is 2.63. The van der Waals surface area contributed by atoms with Crippen molar-refractivity contribution in [3.8, 4) is 5.75 Å².